The Balaban J connectivity index is 1.39. The molecule has 0 saturated heterocycles. The molecule has 0 bridgehead atoms. The van der Waals surface area contributed by atoms with Crippen LogP contribution in [0.5, 0.6) is 0 Å². The Morgan fingerprint density at radius 1 is 1.07 bits per heavy atom. The molecule has 0 saturated carbocycles. The number of carboxylic acid groups (broad SMARTS) is 1. The number of alkyl carbamates (subject to hydrolysis) is 1. The van der Waals surface area contributed by atoms with Gasteiger partial charge in [0.05, 0.1) is 6.54 Å². The van der Waals surface area contributed by atoms with Gasteiger partial charge in [-0.3, -0.25) is 0 Å². The molecule has 1 heterocycles. The van der Waals surface area contributed by atoms with Crippen LogP contribution in [0.1, 0.15) is 32.7 Å². The van der Waals surface area contributed by atoms with Crippen molar-refractivity contribution >= 4 is 23.6 Å². The van der Waals surface area contributed by atoms with Gasteiger partial charge >= 0.3 is 12.1 Å². The maximum Gasteiger partial charge on any atom is 0.407 e. The predicted molar refractivity (Wildman–Crippen MR) is 98.8 cm³/mol. The molecule has 1 aliphatic carbocycles. The van der Waals surface area contributed by atoms with Crippen molar-refractivity contribution in [3.63, 3.8) is 0 Å². The number of amides is 1. The first-order valence-electron chi connectivity index (χ1n) is 8.28. The molecule has 1 aliphatic rings. The van der Waals surface area contributed by atoms with Crippen LogP contribution >= 0.6 is 11.5 Å². The van der Waals surface area contributed by atoms with Crippen LogP contribution in [0.15, 0.2) is 48.5 Å². The van der Waals surface area contributed by atoms with Crippen molar-refractivity contribution in [2.24, 2.45) is 0 Å². The summed E-state index contributed by atoms with van der Waals surface area (Å²) < 4.78 is 9.28. The first kappa shape index (κ1) is 17.2. The van der Waals surface area contributed by atoms with E-state index in [0.717, 1.165) is 33.8 Å². The normalized spacial score (nSPS) is 12.3. The number of hydrogen-bond acceptors (Lipinski definition) is 6. The average Bonchev–Trinajstić information content (AvgIpc) is 3.28. The average molecular weight is 381 g/mol. The predicted octanol–water partition coefficient (Wildman–Crippen LogP) is 3.28. The number of ether oxygens (including phenoxy) is 1. The third-order valence-corrected chi connectivity index (χ3v) is 5.13. The second-order valence-corrected chi connectivity index (χ2v) is 6.75. The van der Waals surface area contributed by atoms with Gasteiger partial charge in [0.15, 0.2) is 5.82 Å². The van der Waals surface area contributed by atoms with Crippen LogP contribution in [0, 0.1) is 0 Å². The van der Waals surface area contributed by atoms with Crippen LogP contribution in [0.4, 0.5) is 4.79 Å². The Labute approximate surface area is 158 Å². The molecule has 27 heavy (non-hydrogen) atoms. The van der Waals surface area contributed by atoms with Gasteiger partial charge in [-0.15, -0.1) is 0 Å². The van der Waals surface area contributed by atoms with E-state index in [1.807, 2.05) is 36.4 Å². The lowest BCUT2D eigenvalue weighted by molar-refractivity contribution is 0.0696. The Morgan fingerprint density at radius 2 is 1.70 bits per heavy atom. The molecule has 0 radical (unpaired) electrons. The number of carbonyl (C=O) groups excluding carboxylic acids is 1. The van der Waals surface area contributed by atoms with Gasteiger partial charge in [0.1, 0.15) is 6.61 Å². The van der Waals surface area contributed by atoms with Crippen molar-refractivity contribution in [3.8, 4) is 11.1 Å². The summed E-state index contributed by atoms with van der Waals surface area (Å²) in [6.07, 6.45) is -0.594. The number of fused-ring (bicyclic) bond motifs is 3. The molecule has 0 fully saturated rings. The molecule has 1 aromatic heterocycles. The standard InChI is InChI=1S/C19H15N3O4S/c23-18(24)17-21-16(22-27-17)9-20-19(25)26-10-15-13-7-3-1-5-11(13)12-6-2-4-8-14(12)15/h1-8,15H,9-10H2,(H,20,25)(H,23,24). The molecule has 3 aromatic rings. The molecule has 2 N–H and O–H groups in total. The van der Waals surface area contributed by atoms with Crippen molar-refractivity contribution < 1.29 is 19.4 Å². The van der Waals surface area contributed by atoms with Gasteiger partial charge in [-0.2, -0.15) is 4.37 Å². The highest BCUT2D eigenvalue weighted by Crippen LogP contribution is 2.44. The van der Waals surface area contributed by atoms with Gasteiger partial charge in [-0.1, -0.05) is 48.5 Å². The highest BCUT2D eigenvalue weighted by Gasteiger charge is 2.29. The molecule has 1 amide bonds. The van der Waals surface area contributed by atoms with Gasteiger partial charge in [0.25, 0.3) is 0 Å². The monoisotopic (exact) mass is 381 g/mol. The van der Waals surface area contributed by atoms with Crippen LogP contribution in [0.2, 0.25) is 0 Å². The van der Waals surface area contributed by atoms with Crippen molar-refractivity contribution in [2.45, 2.75) is 12.5 Å². The summed E-state index contributed by atoms with van der Waals surface area (Å²) in [5, 5.41) is 11.3. The first-order chi connectivity index (χ1) is 13.1. The fourth-order valence-electron chi connectivity index (χ4n) is 3.21. The van der Waals surface area contributed by atoms with E-state index in [2.05, 4.69) is 26.8 Å². The number of carboxylic acids is 1. The second kappa shape index (κ2) is 7.16. The van der Waals surface area contributed by atoms with Gasteiger partial charge < -0.3 is 15.2 Å². The third-order valence-electron chi connectivity index (χ3n) is 4.39. The van der Waals surface area contributed by atoms with E-state index in [4.69, 9.17) is 9.84 Å². The number of benzene rings is 2. The maximum atomic E-state index is 12.0. The lowest BCUT2D eigenvalue weighted by Crippen LogP contribution is -2.26. The highest BCUT2D eigenvalue weighted by atomic mass is 32.1. The largest absolute Gasteiger partial charge is 0.476 e. The summed E-state index contributed by atoms with van der Waals surface area (Å²) in [7, 11) is 0. The molecule has 0 spiro atoms. The maximum absolute atomic E-state index is 12.0. The summed E-state index contributed by atoms with van der Waals surface area (Å²) in [5.74, 6) is -0.912. The van der Waals surface area contributed by atoms with Crippen LogP contribution in [0.25, 0.3) is 11.1 Å². The summed E-state index contributed by atoms with van der Waals surface area (Å²) in [6, 6.07) is 16.2. The summed E-state index contributed by atoms with van der Waals surface area (Å²) in [5.41, 5.74) is 4.60. The number of aromatic nitrogens is 2. The summed E-state index contributed by atoms with van der Waals surface area (Å²) in [6.45, 7) is 0.227. The Morgan fingerprint density at radius 3 is 2.30 bits per heavy atom. The SMILES string of the molecule is O=C(NCc1nsc(C(=O)O)n1)OCC1c2ccccc2-c2ccccc21. The number of nitrogens with one attached hydrogen (secondary N) is 1. The van der Waals surface area contributed by atoms with E-state index in [-0.39, 0.29) is 29.9 Å². The highest BCUT2D eigenvalue weighted by molar-refractivity contribution is 7.07. The van der Waals surface area contributed by atoms with E-state index in [1.54, 1.807) is 0 Å². The molecule has 4 rings (SSSR count). The molecule has 0 aliphatic heterocycles. The van der Waals surface area contributed by atoms with Gasteiger partial charge in [0, 0.05) is 5.92 Å². The quantitative estimate of drug-likeness (QED) is 0.703. The van der Waals surface area contributed by atoms with E-state index in [1.165, 1.54) is 0 Å². The number of nitrogens with zero attached hydrogens (tertiary/aromatic N) is 2. The van der Waals surface area contributed by atoms with Gasteiger partial charge in [-0.25, -0.2) is 14.6 Å². The number of carbonyl (C=O) groups is 2. The molecular weight excluding hydrogens is 366 g/mol. The zero-order valence-corrected chi connectivity index (χ0v) is 14.9. The number of rotatable bonds is 5. The Bertz CT molecular complexity index is 972. The summed E-state index contributed by atoms with van der Waals surface area (Å²) in [4.78, 5) is 26.7. The molecule has 136 valence electrons. The molecule has 0 unspecified atom stereocenters. The van der Waals surface area contributed by atoms with Crippen molar-refractivity contribution in [1.29, 1.82) is 0 Å². The minimum Gasteiger partial charge on any atom is -0.476 e. The van der Waals surface area contributed by atoms with E-state index >= 15 is 0 Å². The zero-order chi connectivity index (χ0) is 18.8. The topological polar surface area (TPSA) is 101 Å². The van der Waals surface area contributed by atoms with Crippen LogP contribution in [0.3, 0.4) is 0 Å². The van der Waals surface area contributed by atoms with Crippen molar-refractivity contribution in [2.75, 3.05) is 6.61 Å². The van der Waals surface area contributed by atoms with Gasteiger partial charge in [0.2, 0.25) is 5.01 Å². The zero-order valence-electron chi connectivity index (χ0n) is 14.1. The Hall–Kier alpha value is -3.26. The molecule has 7 nitrogen and oxygen atoms in total. The lowest BCUT2D eigenvalue weighted by Gasteiger charge is -2.14. The van der Waals surface area contributed by atoms with E-state index in [9.17, 15) is 9.59 Å². The van der Waals surface area contributed by atoms with Gasteiger partial charge in [-0.05, 0) is 33.8 Å². The third kappa shape index (κ3) is 3.39. The van der Waals surface area contributed by atoms with Crippen LogP contribution in [-0.2, 0) is 11.3 Å². The minimum absolute atomic E-state index is 0.0143. The first-order valence-corrected chi connectivity index (χ1v) is 9.05. The second-order valence-electron chi connectivity index (χ2n) is 6.00. The number of hydrogen-bond donors (Lipinski definition) is 2. The molecule has 8 heteroatoms. The molecule has 2 aromatic carbocycles. The van der Waals surface area contributed by atoms with E-state index < -0.39 is 12.1 Å². The fraction of sp³-hybridized carbons (Fsp3) is 0.158. The van der Waals surface area contributed by atoms with Crippen LogP contribution in [-0.4, -0.2) is 33.1 Å². The van der Waals surface area contributed by atoms with Crippen molar-refractivity contribution in [1.82, 2.24) is 14.7 Å². The molecular formula is C19H15N3O4S. The fourth-order valence-corrected chi connectivity index (χ4v) is 3.73. The van der Waals surface area contributed by atoms with E-state index in [0.29, 0.717) is 0 Å². The van der Waals surface area contributed by atoms with Crippen molar-refractivity contribution in [3.05, 3.63) is 70.5 Å². The molecule has 0 atom stereocenters. The lowest BCUT2D eigenvalue weighted by atomic mass is 9.98. The summed E-state index contributed by atoms with van der Waals surface area (Å²) >= 11 is 0.775. The number of aromatic carboxylic acids is 1. The Kier molecular flexibility index (Phi) is 4.55. The van der Waals surface area contributed by atoms with Crippen LogP contribution < -0.4 is 5.32 Å². The smallest absolute Gasteiger partial charge is 0.407 e. The minimum atomic E-state index is -1.14.